The highest BCUT2D eigenvalue weighted by atomic mass is 16.5. The molecular weight excluding hydrogens is 304 g/mol. The van der Waals surface area contributed by atoms with Gasteiger partial charge in [-0.15, -0.1) is 0 Å². The standard InChI is InChI=1S/C19H22N2O3/c1-14-5-7-16(8-6-14)24-13-19(23)9-11-21(12-19)18(22)17-15(2)4-3-10-20-17/h3-8,10,23H,9,11-13H2,1-2H3/t19-/m0/s1. The highest BCUT2D eigenvalue weighted by Crippen LogP contribution is 2.24. The van der Waals surface area contributed by atoms with Crippen LogP contribution in [-0.4, -0.2) is 46.2 Å². The number of hydrogen-bond acceptors (Lipinski definition) is 4. The first-order valence-electron chi connectivity index (χ1n) is 8.10. The third-order valence-corrected chi connectivity index (χ3v) is 4.36. The van der Waals surface area contributed by atoms with Crippen LogP contribution in [0.2, 0.25) is 0 Å². The second kappa shape index (κ2) is 6.61. The average molecular weight is 326 g/mol. The third-order valence-electron chi connectivity index (χ3n) is 4.36. The Morgan fingerprint density at radius 2 is 2.04 bits per heavy atom. The molecule has 1 aromatic carbocycles. The lowest BCUT2D eigenvalue weighted by Crippen LogP contribution is -2.41. The van der Waals surface area contributed by atoms with E-state index >= 15 is 0 Å². The fraction of sp³-hybridized carbons (Fsp3) is 0.368. The number of β-amino-alcohol motifs (C(OH)–C–C–N with tert-alkyl or cyclic N) is 1. The lowest BCUT2D eigenvalue weighted by atomic mass is 10.1. The molecule has 5 heteroatoms. The van der Waals surface area contributed by atoms with Gasteiger partial charge in [-0.1, -0.05) is 23.8 Å². The summed E-state index contributed by atoms with van der Waals surface area (Å²) in [6, 6.07) is 11.4. The molecule has 1 N–H and O–H groups in total. The number of rotatable bonds is 4. The molecule has 0 unspecified atom stereocenters. The van der Waals surface area contributed by atoms with Gasteiger partial charge in [0.25, 0.3) is 5.91 Å². The molecule has 0 bridgehead atoms. The first-order chi connectivity index (χ1) is 11.5. The van der Waals surface area contributed by atoms with E-state index in [4.69, 9.17) is 4.74 Å². The second-order valence-electron chi connectivity index (χ2n) is 6.47. The van der Waals surface area contributed by atoms with Gasteiger partial charge in [-0.3, -0.25) is 9.78 Å². The van der Waals surface area contributed by atoms with E-state index in [1.807, 2.05) is 50.2 Å². The topological polar surface area (TPSA) is 62.7 Å². The van der Waals surface area contributed by atoms with Crippen LogP contribution >= 0.6 is 0 Å². The largest absolute Gasteiger partial charge is 0.491 e. The molecule has 1 amide bonds. The minimum atomic E-state index is -1.02. The van der Waals surface area contributed by atoms with Crippen molar-refractivity contribution in [3.63, 3.8) is 0 Å². The summed E-state index contributed by atoms with van der Waals surface area (Å²) in [5, 5.41) is 10.7. The summed E-state index contributed by atoms with van der Waals surface area (Å²) in [6.45, 7) is 4.80. The van der Waals surface area contributed by atoms with Gasteiger partial charge >= 0.3 is 0 Å². The van der Waals surface area contributed by atoms with Gasteiger partial charge in [-0.05, 0) is 44.0 Å². The van der Waals surface area contributed by atoms with Crippen molar-refractivity contribution in [2.75, 3.05) is 19.7 Å². The lowest BCUT2D eigenvalue weighted by Gasteiger charge is -2.23. The molecule has 1 atom stereocenters. The van der Waals surface area contributed by atoms with E-state index in [2.05, 4.69) is 4.98 Å². The van der Waals surface area contributed by atoms with Gasteiger partial charge in [0.2, 0.25) is 0 Å². The summed E-state index contributed by atoms with van der Waals surface area (Å²) in [7, 11) is 0. The molecule has 3 rings (SSSR count). The highest BCUT2D eigenvalue weighted by molar-refractivity contribution is 5.93. The maximum absolute atomic E-state index is 12.6. The highest BCUT2D eigenvalue weighted by Gasteiger charge is 2.39. The molecule has 1 aromatic heterocycles. The molecular formula is C19H22N2O3. The van der Waals surface area contributed by atoms with Gasteiger partial charge in [0.15, 0.2) is 0 Å². The zero-order chi connectivity index (χ0) is 17.2. The number of aryl methyl sites for hydroxylation is 2. The Balaban J connectivity index is 1.62. The molecule has 0 radical (unpaired) electrons. The predicted octanol–water partition coefficient (Wildman–Crippen LogP) is 2.35. The van der Waals surface area contributed by atoms with E-state index in [1.54, 1.807) is 11.1 Å². The molecule has 1 saturated heterocycles. The van der Waals surface area contributed by atoms with Crippen molar-refractivity contribution in [2.45, 2.75) is 25.9 Å². The molecule has 1 fully saturated rings. The number of amides is 1. The number of carbonyl (C=O) groups is 1. The van der Waals surface area contributed by atoms with Crippen molar-refractivity contribution < 1.29 is 14.6 Å². The van der Waals surface area contributed by atoms with Crippen LogP contribution in [0.5, 0.6) is 5.75 Å². The van der Waals surface area contributed by atoms with E-state index in [-0.39, 0.29) is 19.1 Å². The Morgan fingerprint density at radius 3 is 2.75 bits per heavy atom. The number of ether oxygens (including phenoxy) is 1. The minimum absolute atomic E-state index is 0.139. The molecule has 2 aromatic rings. The maximum atomic E-state index is 12.6. The van der Waals surface area contributed by atoms with Crippen LogP contribution in [0.4, 0.5) is 0 Å². The van der Waals surface area contributed by atoms with Crippen molar-refractivity contribution >= 4 is 5.91 Å². The van der Waals surface area contributed by atoms with E-state index in [1.165, 1.54) is 0 Å². The monoisotopic (exact) mass is 326 g/mol. The van der Waals surface area contributed by atoms with Crippen molar-refractivity contribution in [3.8, 4) is 5.75 Å². The van der Waals surface area contributed by atoms with Crippen molar-refractivity contribution in [2.24, 2.45) is 0 Å². The van der Waals surface area contributed by atoms with E-state index in [0.29, 0.717) is 18.7 Å². The number of pyridine rings is 1. The molecule has 0 aliphatic carbocycles. The van der Waals surface area contributed by atoms with Gasteiger partial charge in [-0.2, -0.15) is 0 Å². The fourth-order valence-electron chi connectivity index (χ4n) is 2.86. The molecule has 5 nitrogen and oxygen atoms in total. The summed E-state index contributed by atoms with van der Waals surface area (Å²) in [5.74, 6) is 0.582. The van der Waals surface area contributed by atoms with E-state index in [0.717, 1.165) is 16.9 Å². The first-order valence-corrected chi connectivity index (χ1v) is 8.10. The number of nitrogens with zero attached hydrogens (tertiary/aromatic N) is 2. The van der Waals surface area contributed by atoms with Crippen LogP contribution in [0.25, 0.3) is 0 Å². The Morgan fingerprint density at radius 1 is 1.29 bits per heavy atom. The molecule has 1 aliphatic rings. The quantitative estimate of drug-likeness (QED) is 0.937. The van der Waals surface area contributed by atoms with Gasteiger partial charge in [-0.25, -0.2) is 0 Å². The number of hydrogen-bond donors (Lipinski definition) is 1. The normalized spacial score (nSPS) is 20.2. The molecule has 0 spiro atoms. The predicted molar refractivity (Wildman–Crippen MR) is 91.1 cm³/mol. The Hall–Kier alpha value is -2.40. The molecule has 24 heavy (non-hydrogen) atoms. The summed E-state index contributed by atoms with van der Waals surface area (Å²) >= 11 is 0. The Kier molecular flexibility index (Phi) is 4.53. The average Bonchev–Trinajstić information content (AvgIpc) is 2.97. The van der Waals surface area contributed by atoms with E-state index < -0.39 is 5.60 Å². The summed E-state index contributed by atoms with van der Waals surface area (Å²) in [6.07, 6.45) is 2.11. The zero-order valence-corrected chi connectivity index (χ0v) is 14.0. The lowest BCUT2D eigenvalue weighted by molar-refractivity contribution is 0.00424. The van der Waals surface area contributed by atoms with Gasteiger partial charge in [0.05, 0.1) is 6.54 Å². The fourth-order valence-corrected chi connectivity index (χ4v) is 2.86. The van der Waals surface area contributed by atoms with Gasteiger partial charge in [0, 0.05) is 12.7 Å². The van der Waals surface area contributed by atoms with Crippen LogP contribution in [0.3, 0.4) is 0 Å². The van der Waals surface area contributed by atoms with Crippen LogP contribution < -0.4 is 4.74 Å². The van der Waals surface area contributed by atoms with Crippen LogP contribution in [-0.2, 0) is 0 Å². The summed E-state index contributed by atoms with van der Waals surface area (Å²) < 4.78 is 5.70. The molecule has 126 valence electrons. The smallest absolute Gasteiger partial charge is 0.272 e. The minimum Gasteiger partial charge on any atom is -0.491 e. The number of aromatic nitrogens is 1. The first kappa shape index (κ1) is 16.5. The number of carbonyl (C=O) groups excluding carboxylic acids is 1. The zero-order valence-electron chi connectivity index (χ0n) is 14.0. The number of benzene rings is 1. The summed E-state index contributed by atoms with van der Waals surface area (Å²) in [5.41, 5.74) is 1.42. The number of aliphatic hydroxyl groups is 1. The molecule has 2 heterocycles. The summed E-state index contributed by atoms with van der Waals surface area (Å²) in [4.78, 5) is 18.4. The van der Waals surface area contributed by atoms with Crippen molar-refractivity contribution in [1.29, 1.82) is 0 Å². The molecule has 0 saturated carbocycles. The van der Waals surface area contributed by atoms with Crippen LogP contribution in [0.1, 0.15) is 28.0 Å². The van der Waals surface area contributed by atoms with Crippen LogP contribution in [0.15, 0.2) is 42.6 Å². The number of likely N-dealkylation sites (tertiary alicyclic amines) is 1. The van der Waals surface area contributed by atoms with Crippen molar-refractivity contribution in [3.05, 3.63) is 59.4 Å². The van der Waals surface area contributed by atoms with Crippen LogP contribution in [0, 0.1) is 13.8 Å². The van der Waals surface area contributed by atoms with E-state index in [9.17, 15) is 9.90 Å². The SMILES string of the molecule is Cc1ccc(OC[C@]2(O)CCN(C(=O)c3ncccc3C)C2)cc1. The maximum Gasteiger partial charge on any atom is 0.272 e. The van der Waals surface area contributed by atoms with Gasteiger partial charge < -0.3 is 14.7 Å². The van der Waals surface area contributed by atoms with Gasteiger partial charge in [0.1, 0.15) is 23.7 Å². The second-order valence-corrected chi connectivity index (χ2v) is 6.47. The third kappa shape index (κ3) is 3.57. The Bertz CT molecular complexity index is 730. The van der Waals surface area contributed by atoms with Crippen molar-refractivity contribution in [1.82, 2.24) is 9.88 Å². The molecule has 1 aliphatic heterocycles. The Labute approximate surface area is 141 Å².